The number of carbonyl (C=O) groups is 1. The van der Waals surface area contributed by atoms with Gasteiger partial charge in [-0.25, -0.2) is 4.98 Å². The summed E-state index contributed by atoms with van der Waals surface area (Å²) in [6.07, 6.45) is 2.24. The van der Waals surface area contributed by atoms with Crippen molar-refractivity contribution in [2.45, 2.75) is 39.7 Å². The summed E-state index contributed by atoms with van der Waals surface area (Å²) in [4.78, 5) is 18.5. The van der Waals surface area contributed by atoms with E-state index in [2.05, 4.69) is 26.0 Å². The van der Waals surface area contributed by atoms with E-state index in [1.54, 1.807) is 23.2 Å². The number of carbonyl (C=O) groups excluding carboxylic acids is 1. The number of thiazole rings is 1. The molecule has 0 saturated carbocycles. The quantitative estimate of drug-likeness (QED) is 0.872. The molecule has 1 saturated heterocycles. The molecule has 1 aliphatic rings. The average Bonchev–Trinajstić information content (AvgIpc) is 3.09. The van der Waals surface area contributed by atoms with Crippen LogP contribution in [-0.4, -0.2) is 30.1 Å². The number of amides is 1. The Hall–Kier alpha value is -1.46. The van der Waals surface area contributed by atoms with Gasteiger partial charge in [0, 0.05) is 13.5 Å². The Morgan fingerprint density at radius 1 is 1.48 bits per heavy atom. The Labute approximate surface area is 128 Å². The van der Waals surface area contributed by atoms with E-state index in [1.807, 2.05) is 0 Å². The molecule has 1 amide bonds. The van der Waals surface area contributed by atoms with E-state index in [-0.39, 0.29) is 12.0 Å². The molecule has 1 atom stereocenters. The maximum atomic E-state index is 12.0. The van der Waals surface area contributed by atoms with E-state index in [0.717, 1.165) is 34.8 Å². The van der Waals surface area contributed by atoms with Gasteiger partial charge >= 0.3 is 0 Å². The van der Waals surface area contributed by atoms with Gasteiger partial charge in [0.15, 0.2) is 5.13 Å². The van der Waals surface area contributed by atoms with Crippen molar-refractivity contribution in [3.8, 4) is 0 Å². The monoisotopic (exact) mass is 304 g/mol. The second-order valence-electron chi connectivity index (χ2n) is 5.62. The van der Waals surface area contributed by atoms with E-state index in [9.17, 15) is 4.79 Å². The third-order valence-electron chi connectivity index (χ3n) is 4.09. The number of anilines is 1. The minimum Gasteiger partial charge on any atom is -0.376 e. The molecule has 21 heavy (non-hydrogen) atoms. The minimum absolute atomic E-state index is 0.0268. The lowest BCUT2D eigenvalue weighted by Gasteiger charge is -2.21. The van der Waals surface area contributed by atoms with Crippen molar-refractivity contribution >= 4 is 32.6 Å². The van der Waals surface area contributed by atoms with Gasteiger partial charge in [-0.1, -0.05) is 17.4 Å². The van der Waals surface area contributed by atoms with Gasteiger partial charge in [-0.2, -0.15) is 0 Å². The van der Waals surface area contributed by atoms with Crippen LogP contribution in [0.2, 0.25) is 0 Å². The zero-order valence-corrected chi connectivity index (χ0v) is 13.5. The molecule has 1 unspecified atom stereocenters. The summed E-state index contributed by atoms with van der Waals surface area (Å²) in [5, 5.41) is 0.779. The molecule has 0 N–H and O–H groups in total. The van der Waals surface area contributed by atoms with Crippen molar-refractivity contribution in [2.24, 2.45) is 0 Å². The Morgan fingerprint density at radius 3 is 2.95 bits per heavy atom. The highest BCUT2D eigenvalue weighted by Crippen LogP contribution is 2.32. The predicted octanol–water partition coefficient (Wildman–Crippen LogP) is 3.45. The summed E-state index contributed by atoms with van der Waals surface area (Å²) in [7, 11) is 0. The first-order chi connectivity index (χ1) is 10.1. The lowest BCUT2D eigenvalue weighted by atomic mass is 10.1. The van der Waals surface area contributed by atoms with Crippen molar-refractivity contribution < 1.29 is 9.53 Å². The van der Waals surface area contributed by atoms with Crippen molar-refractivity contribution in [3.05, 3.63) is 23.3 Å². The summed E-state index contributed by atoms with van der Waals surface area (Å²) in [5.74, 6) is 0.0268. The van der Waals surface area contributed by atoms with Crippen molar-refractivity contribution in [1.82, 2.24) is 4.98 Å². The van der Waals surface area contributed by atoms with Gasteiger partial charge in [0.05, 0.1) is 22.9 Å². The fourth-order valence-electron chi connectivity index (χ4n) is 2.66. The molecule has 1 aliphatic heterocycles. The predicted molar refractivity (Wildman–Crippen MR) is 86.1 cm³/mol. The molecule has 0 bridgehead atoms. The number of aromatic nitrogens is 1. The average molecular weight is 304 g/mol. The lowest BCUT2D eigenvalue weighted by molar-refractivity contribution is -0.116. The molecule has 1 fully saturated rings. The zero-order chi connectivity index (χ0) is 15.0. The van der Waals surface area contributed by atoms with Crippen LogP contribution in [0.15, 0.2) is 12.1 Å². The van der Waals surface area contributed by atoms with Crippen LogP contribution in [-0.2, 0) is 9.53 Å². The molecule has 5 heteroatoms. The molecule has 1 aromatic carbocycles. The fourth-order valence-corrected chi connectivity index (χ4v) is 3.74. The summed E-state index contributed by atoms with van der Waals surface area (Å²) in [5.41, 5.74) is 3.43. The highest BCUT2D eigenvalue weighted by Gasteiger charge is 2.24. The fraction of sp³-hybridized carbons (Fsp3) is 0.500. The van der Waals surface area contributed by atoms with E-state index in [0.29, 0.717) is 6.54 Å². The number of aryl methyl sites for hydroxylation is 2. The van der Waals surface area contributed by atoms with Gasteiger partial charge in [0.25, 0.3) is 0 Å². The molecule has 2 heterocycles. The molecule has 2 aromatic rings. The van der Waals surface area contributed by atoms with Crippen LogP contribution < -0.4 is 4.90 Å². The second kappa shape index (κ2) is 5.73. The SMILES string of the molecule is CC(=O)N(CC1CCCO1)c1nc2c(C)c(C)ccc2s1. The van der Waals surface area contributed by atoms with Gasteiger partial charge in [-0.15, -0.1) is 0 Å². The first-order valence-electron chi connectivity index (χ1n) is 7.32. The molecule has 3 rings (SSSR count). The zero-order valence-electron chi connectivity index (χ0n) is 12.7. The van der Waals surface area contributed by atoms with Crippen molar-refractivity contribution in [2.75, 3.05) is 18.1 Å². The topological polar surface area (TPSA) is 42.4 Å². The lowest BCUT2D eigenvalue weighted by Crippen LogP contribution is -2.35. The number of nitrogens with zero attached hydrogens (tertiary/aromatic N) is 2. The first kappa shape index (κ1) is 14.5. The smallest absolute Gasteiger partial charge is 0.225 e. The van der Waals surface area contributed by atoms with Crippen LogP contribution in [0.1, 0.15) is 30.9 Å². The van der Waals surface area contributed by atoms with E-state index in [4.69, 9.17) is 9.72 Å². The normalized spacial score (nSPS) is 18.3. The first-order valence-corrected chi connectivity index (χ1v) is 8.14. The van der Waals surface area contributed by atoms with Crippen LogP contribution in [0.4, 0.5) is 5.13 Å². The van der Waals surface area contributed by atoms with Gasteiger partial charge in [0.1, 0.15) is 0 Å². The van der Waals surface area contributed by atoms with Gasteiger partial charge < -0.3 is 4.74 Å². The Morgan fingerprint density at radius 2 is 2.29 bits per heavy atom. The number of hydrogen-bond acceptors (Lipinski definition) is 4. The molecular weight excluding hydrogens is 284 g/mol. The molecule has 4 nitrogen and oxygen atoms in total. The summed E-state index contributed by atoms with van der Waals surface area (Å²) in [6, 6.07) is 4.20. The summed E-state index contributed by atoms with van der Waals surface area (Å²) < 4.78 is 6.79. The molecular formula is C16H20N2O2S. The minimum atomic E-state index is 0.0268. The molecule has 0 spiro atoms. The highest BCUT2D eigenvalue weighted by atomic mass is 32.1. The summed E-state index contributed by atoms with van der Waals surface area (Å²) >= 11 is 1.58. The van der Waals surface area contributed by atoms with Crippen LogP contribution in [0, 0.1) is 13.8 Å². The molecule has 0 aliphatic carbocycles. The Bertz CT molecular complexity index is 674. The Kier molecular flexibility index (Phi) is 3.95. The van der Waals surface area contributed by atoms with Crippen LogP contribution in [0.25, 0.3) is 10.2 Å². The van der Waals surface area contributed by atoms with Gasteiger partial charge in [-0.3, -0.25) is 9.69 Å². The third kappa shape index (κ3) is 2.80. The van der Waals surface area contributed by atoms with E-state index >= 15 is 0 Å². The number of fused-ring (bicyclic) bond motifs is 1. The Balaban J connectivity index is 1.95. The summed E-state index contributed by atoms with van der Waals surface area (Å²) in [6.45, 7) is 7.17. The van der Waals surface area contributed by atoms with Gasteiger partial charge in [0.2, 0.25) is 5.91 Å². The maximum absolute atomic E-state index is 12.0. The largest absolute Gasteiger partial charge is 0.376 e. The standard InChI is InChI=1S/C16H20N2O2S/c1-10-6-7-14-15(11(10)2)17-16(21-14)18(12(3)19)9-13-5-4-8-20-13/h6-7,13H,4-5,8-9H2,1-3H3. The van der Waals surface area contributed by atoms with Gasteiger partial charge in [-0.05, 0) is 43.9 Å². The maximum Gasteiger partial charge on any atom is 0.225 e. The molecule has 112 valence electrons. The third-order valence-corrected chi connectivity index (χ3v) is 5.14. The van der Waals surface area contributed by atoms with Crippen LogP contribution in [0.3, 0.4) is 0 Å². The van der Waals surface area contributed by atoms with Crippen molar-refractivity contribution in [3.63, 3.8) is 0 Å². The number of ether oxygens (including phenoxy) is 1. The molecule has 1 aromatic heterocycles. The van der Waals surface area contributed by atoms with Crippen molar-refractivity contribution in [1.29, 1.82) is 0 Å². The van der Waals surface area contributed by atoms with Crippen LogP contribution in [0.5, 0.6) is 0 Å². The van der Waals surface area contributed by atoms with Crippen LogP contribution >= 0.6 is 11.3 Å². The number of hydrogen-bond donors (Lipinski definition) is 0. The highest BCUT2D eigenvalue weighted by molar-refractivity contribution is 7.22. The van der Waals surface area contributed by atoms with E-state index < -0.39 is 0 Å². The second-order valence-corrected chi connectivity index (χ2v) is 6.62. The number of rotatable bonds is 3. The van der Waals surface area contributed by atoms with E-state index in [1.165, 1.54) is 11.1 Å². The molecule has 0 radical (unpaired) electrons. The number of benzene rings is 1.